The number of ketones is 2. The standard InChI is InChI=1S/C19H15NO6/c1-25-13-8-6-12(7-9-13)16(21)11-26-17(22)10-20-15-5-3-2-4-14(15)18(23)19(20)24/h2-9H,10-11H2,1H3. The highest BCUT2D eigenvalue weighted by atomic mass is 16.5. The van der Waals surface area contributed by atoms with Crippen molar-refractivity contribution in [2.24, 2.45) is 0 Å². The summed E-state index contributed by atoms with van der Waals surface area (Å²) in [6.07, 6.45) is 0. The van der Waals surface area contributed by atoms with Crippen molar-refractivity contribution < 1.29 is 28.7 Å². The van der Waals surface area contributed by atoms with Crippen LogP contribution in [0.3, 0.4) is 0 Å². The molecule has 0 unspecified atom stereocenters. The fourth-order valence-electron chi connectivity index (χ4n) is 2.59. The van der Waals surface area contributed by atoms with Gasteiger partial charge in [-0.15, -0.1) is 0 Å². The molecule has 0 atom stereocenters. The van der Waals surface area contributed by atoms with Gasteiger partial charge in [-0.05, 0) is 36.4 Å². The van der Waals surface area contributed by atoms with E-state index < -0.39 is 30.8 Å². The number of hydrogen-bond donors (Lipinski definition) is 0. The van der Waals surface area contributed by atoms with Crippen LogP contribution in [0.15, 0.2) is 48.5 Å². The molecule has 132 valence electrons. The topological polar surface area (TPSA) is 90.0 Å². The minimum Gasteiger partial charge on any atom is -0.497 e. The lowest BCUT2D eigenvalue weighted by atomic mass is 10.1. The lowest BCUT2D eigenvalue weighted by molar-refractivity contribution is -0.141. The maximum atomic E-state index is 12.0. The number of rotatable bonds is 6. The molecule has 0 fully saturated rings. The van der Waals surface area contributed by atoms with Gasteiger partial charge in [-0.3, -0.25) is 24.1 Å². The smallest absolute Gasteiger partial charge is 0.326 e. The van der Waals surface area contributed by atoms with E-state index >= 15 is 0 Å². The number of methoxy groups -OCH3 is 1. The summed E-state index contributed by atoms with van der Waals surface area (Å²) in [6, 6.07) is 12.8. The predicted molar refractivity (Wildman–Crippen MR) is 91.4 cm³/mol. The Bertz CT molecular complexity index is 887. The molecule has 7 heteroatoms. The zero-order valence-electron chi connectivity index (χ0n) is 13.9. The first-order valence-electron chi connectivity index (χ1n) is 7.79. The van der Waals surface area contributed by atoms with E-state index in [1.165, 1.54) is 13.2 Å². The number of ether oxygens (including phenoxy) is 2. The first kappa shape index (κ1) is 17.3. The number of esters is 1. The van der Waals surface area contributed by atoms with E-state index in [0.29, 0.717) is 17.0 Å². The second kappa shape index (κ2) is 7.18. The molecule has 2 aromatic carbocycles. The summed E-state index contributed by atoms with van der Waals surface area (Å²) in [7, 11) is 1.52. The van der Waals surface area contributed by atoms with Gasteiger partial charge in [0, 0.05) is 5.56 Å². The molecular formula is C19H15NO6. The Kier molecular flexibility index (Phi) is 4.79. The fraction of sp³-hybridized carbons (Fsp3) is 0.158. The van der Waals surface area contributed by atoms with Gasteiger partial charge in [-0.1, -0.05) is 12.1 Å². The predicted octanol–water partition coefficient (Wildman–Crippen LogP) is 1.65. The lowest BCUT2D eigenvalue weighted by Gasteiger charge is -2.15. The van der Waals surface area contributed by atoms with Crippen LogP contribution in [0.1, 0.15) is 20.7 Å². The minimum absolute atomic E-state index is 0.250. The monoisotopic (exact) mass is 353 g/mol. The first-order chi connectivity index (χ1) is 12.5. The Hall–Kier alpha value is -3.48. The highest BCUT2D eigenvalue weighted by Gasteiger charge is 2.36. The zero-order chi connectivity index (χ0) is 18.7. The van der Waals surface area contributed by atoms with Gasteiger partial charge < -0.3 is 9.47 Å². The molecule has 0 N–H and O–H groups in total. The Balaban J connectivity index is 1.60. The average Bonchev–Trinajstić information content (AvgIpc) is 2.91. The SMILES string of the molecule is COc1ccc(C(=O)COC(=O)CN2C(=O)C(=O)c3ccccc32)cc1. The molecule has 0 spiro atoms. The number of nitrogens with zero attached hydrogens (tertiary/aromatic N) is 1. The van der Waals surface area contributed by atoms with Gasteiger partial charge in [-0.25, -0.2) is 0 Å². The third kappa shape index (κ3) is 3.32. The van der Waals surface area contributed by atoms with Crippen molar-refractivity contribution in [3.63, 3.8) is 0 Å². The van der Waals surface area contributed by atoms with Crippen molar-refractivity contribution in [1.29, 1.82) is 0 Å². The molecule has 0 aliphatic carbocycles. The summed E-state index contributed by atoms with van der Waals surface area (Å²) in [5.41, 5.74) is 0.983. The van der Waals surface area contributed by atoms with Crippen LogP contribution in [0.2, 0.25) is 0 Å². The third-order valence-electron chi connectivity index (χ3n) is 3.94. The van der Waals surface area contributed by atoms with Gasteiger partial charge in [0.2, 0.25) is 0 Å². The molecule has 2 aromatic rings. The molecule has 1 aliphatic rings. The molecule has 1 amide bonds. The van der Waals surface area contributed by atoms with E-state index in [1.807, 2.05) is 0 Å². The van der Waals surface area contributed by atoms with Crippen molar-refractivity contribution in [3.05, 3.63) is 59.7 Å². The Labute approximate surface area is 149 Å². The van der Waals surface area contributed by atoms with Gasteiger partial charge in [0.05, 0.1) is 18.4 Å². The second-order valence-corrected chi connectivity index (χ2v) is 5.55. The lowest BCUT2D eigenvalue weighted by Crippen LogP contribution is -2.36. The Morgan fingerprint density at radius 1 is 1.00 bits per heavy atom. The highest BCUT2D eigenvalue weighted by Crippen LogP contribution is 2.28. The third-order valence-corrected chi connectivity index (χ3v) is 3.94. The van der Waals surface area contributed by atoms with E-state index in [0.717, 1.165) is 4.90 Å². The fourth-order valence-corrected chi connectivity index (χ4v) is 2.59. The largest absolute Gasteiger partial charge is 0.497 e. The molecule has 3 rings (SSSR count). The van der Waals surface area contributed by atoms with Crippen molar-refractivity contribution >= 4 is 29.1 Å². The number of Topliss-reactive ketones (excluding diaryl/α,β-unsaturated/α-hetero) is 2. The number of fused-ring (bicyclic) bond motifs is 1. The Morgan fingerprint density at radius 2 is 1.69 bits per heavy atom. The summed E-state index contributed by atoms with van der Waals surface area (Å²) in [5.74, 6) is -2.00. The van der Waals surface area contributed by atoms with Crippen LogP contribution >= 0.6 is 0 Å². The van der Waals surface area contributed by atoms with Crippen molar-refractivity contribution in [2.75, 3.05) is 25.2 Å². The molecule has 0 saturated heterocycles. The number of benzene rings is 2. The van der Waals surface area contributed by atoms with Crippen LogP contribution in [-0.2, 0) is 14.3 Å². The van der Waals surface area contributed by atoms with E-state index in [-0.39, 0.29) is 11.3 Å². The first-order valence-corrected chi connectivity index (χ1v) is 7.79. The number of amides is 1. The van der Waals surface area contributed by atoms with Crippen LogP contribution in [0, 0.1) is 0 Å². The summed E-state index contributed by atoms with van der Waals surface area (Å²) in [6.45, 7) is -0.889. The van der Waals surface area contributed by atoms with Gasteiger partial charge in [0.15, 0.2) is 12.4 Å². The summed E-state index contributed by atoms with van der Waals surface area (Å²) < 4.78 is 9.96. The van der Waals surface area contributed by atoms with Gasteiger partial charge >= 0.3 is 5.97 Å². The second-order valence-electron chi connectivity index (χ2n) is 5.55. The van der Waals surface area contributed by atoms with E-state index in [9.17, 15) is 19.2 Å². The molecule has 0 saturated carbocycles. The maximum Gasteiger partial charge on any atom is 0.326 e. The number of para-hydroxylation sites is 1. The summed E-state index contributed by atoms with van der Waals surface area (Å²) >= 11 is 0. The Morgan fingerprint density at radius 3 is 2.38 bits per heavy atom. The molecular weight excluding hydrogens is 338 g/mol. The quantitative estimate of drug-likeness (QED) is 0.446. The van der Waals surface area contributed by atoms with Crippen LogP contribution in [-0.4, -0.2) is 43.7 Å². The molecule has 1 heterocycles. The number of carbonyl (C=O) groups excluding carboxylic acids is 4. The van der Waals surface area contributed by atoms with Crippen LogP contribution in [0.25, 0.3) is 0 Å². The van der Waals surface area contributed by atoms with Crippen LogP contribution in [0.4, 0.5) is 5.69 Å². The average molecular weight is 353 g/mol. The molecule has 1 aliphatic heterocycles. The van der Waals surface area contributed by atoms with Crippen molar-refractivity contribution in [1.82, 2.24) is 0 Å². The van der Waals surface area contributed by atoms with E-state index in [4.69, 9.17) is 9.47 Å². The summed E-state index contributed by atoms with van der Waals surface area (Å²) in [4.78, 5) is 49.0. The van der Waals surface area contributed by atoms with Gasteiger partial charge in [-0.2, -0.15) is 0 Å². The van der Waals surface area contributed by atoms with Crippen LogP contribution < -0.4 is 9.64 Å². The maximum absolute atomic E-state index is 12.0. The van der Waals surface area contributed by atoms with E-state index in [1.54, 1.807) is 42.5 Å². The molecule has 0 bridgehead atoms. The summed E-state index contributed by atoms with van der Waals surface area (Å²) in [5, 5.41) is 0. The van der Waals surface area contributed by atoms with Crippen molar-refractivity contribution in [2.45, 2.75) is 0 Å². The van der Waals surface area contributed by atoms with Gasteiger partial charge in [0.1, 0.15) is 12.3 Å². The molecule has 7 nitrogen and oxygen atoms in total. The molecule has 26 heavy (non-hydrogen) atoms. The van der Waals surface area contributed by atoms with Crippen LogP contribution in [0.5, 0.6) is 5.75 Å². The van der Waals surface area contributed by atoms with Gasteiger partial charge in [0.25, 0.3) is 11.7 Å². The normalized spacial score (nSPS) is 12.7. The highest BCUT2D eigenvalue weighted by molar-refractivity contribution is 6.52. The minimum atomic E-state index is -0.787. The number of carbonyl (C=O) groups is 4. The van der Waals surface area contributed by atoms with Crippen molar-refractivity contribution in [3.8, 4) is 5.75 Å². The molecule has 0 aromatic heterocycles. The van der Waals surface area contributed by atoms with E-state index in [2.05, 4.69) is 0 Å². The molecule has 0 radical (unpaired) electrons. The zero-order valence-corrected chi connectivity index (χ0v) is 13.9. The number of hydrogen-bond acceptors (Lipinski definition) is 6. The number of anilines is 1.